The molecular weight excluding hydrogens is 505 g/mol. The summed E-state index contributed by atoms with van der Waals surface area (Å²) >= 11 is 0. The molecule has 0 amide bonds. The molecule has 37 heavy (non-hydrogen) atoms. The van der Waals surface area contributed by atoms with Crippen LogP contribution in [-0.4, -0.2) is 27.8 Å². The van der Waals surface area contributed by atoms with Crippen LogP contribution in [0.5, 0.6) is 0 Å². The van der Waals surface area contributed by atoms with Crippen molar-refractivity contribution in [2.75, 3.05) is 10.0 Å². The molecule has 2 aromatic carbocycles. The zero-order chi connectivity index (χ0) is 26.0. The summed E-state index contributed by atoms with van der Waals surface area (Å²) in [5, 5.41) is 3.27. The van der Waals surface area contributed by atoms with Crippen LogP contribution < -0.4 is 10.0 Å². The normalized spacial score (nSPS) is 12.0. The molecule has 8 nitrogen and oxygen atoms in total. The molecule has 0 unspecified atom stereocenters. The Morgan fingerprint density at radius 2 is 1.73 bits per heavy atom. The first-order valence-corrected chi connectivity index (χ1v) is 12.4. The van der Waals surface area contributed by atoms with Crippen LogP contribution in [0.2, 0.25) is 0 Å². The third kappa shape index (κ3) is 5.38. The molecule has 3 heterocycles. The van der Waals surface area contributed by atoms with Crippen LogP contribution in [0.1, 0.15) is 11.1 Å². The predicted molar refractivity (Wildman–Crippen MR) is 132 cm³/mol. The molecule has 12 heteroatoms. The van der Waals surface area contributed by atoms with E-state index in [2.05, 4.69) is 25.0 Å². The highest BCUT2D eigenvalue weighted by atomic mass is 32.2. The molecule has 0 aliphatic rings. The largest absolute Gasteiger partial charge is 0.416 e. The molecule has 0 bridgehead atoms. The number of aromatic nitrogens is 4. The van der Waals surface area contributed by atoms with Crippen molar-refractivity contribution in [2.45, 2.75) is 17.6 Å². The lowest BCUT2D eigenvalue weighted by molar-refractivity contribution is -0.137. The molecule has 0 radical (unpaired) electrons. The molecule has 188 valence electrons. The molecule has 0 saturated heterocycles. The smallest absolute Gasteiger partial charge is 0.363 e. The van der Waals surface area contributed by atoms with Gasteiger partial charge in [-0.1, -0.05) is 18.2 Å². The van der Waals surface area contributed by atoms with Gasteiger partial charge >= 0.3 is 6.18 Å². The first-order valence-electron chi connectivity index (χ1n) is 11.0. The summed E-state index contributed by atoms with van der Waals surface area (Å²) in [6.07, 6.45) is 3.87. The molecule has 0 spiro atoms. The summed E-state index contributed by atoms with van der Waals surface area (Å²) < 4.78 is 69.0. The van der Waals surface area contributed by atoms with E-state index in [9.17, 15) is 21.6 Å². The lowest BCUT2D eigenvalue weighted by Crippen LogP contribution is -2.14. The Morgan fingerprint density at radius 1 is 0.946 bits per heavy atom. The van der Waals surface area contributed by atoms with Crippen LogP contribution in [0.25, 0.3) is 16.9 Å². The average Bonchev–Trinajstić information content (AvgIpc) is 3.36. The molecule has 3 aromatic heterocycles. The highest BCUT2D eigenvalue weighted by Crippen LogP contribution is 2.31. The Morgan fingerprint density at radius 3 is 2.51 bits per heavy atom. The van der Waals surface area contributed by atoms with Gasteiger partial charge in [0, 0.05) is 48.8 Å². The fourth-order valence-corrected chi connectivity index (χ4v) is 4.77. The average molecular weight is 525 g/mol. The minimum Gasteiger partial charge on any atom is -0.363 e. The molecule has 0 atom stereocenters. The van der Waals surface area contributed by atoms with Crippen molar-refractivity contribution in [2.24, 2.45) is 0 Å². The van der Waals surface area contributed by atoms with Gasteiger partial charge in [-0.3, -0.25) is 9.71 Å². The Bertz CT molecular complexity index is 1670. The Hall–Kier alpha value is -4.45. The fraction of sp³-hybridized carbons (Fsp3) is 0.0800. The second kappa shape index (κ2) is 9.54. The van der Waals surface area contributed by atoms with E-state index < -0.39 is 26.7 Å². The number of sulfonamides is 1. The standard InChI is InChI=1S/C25H19F3N6O2S/c26-25(27,28)19-4-2-6-21(14-19)37(35,36)33-20-5-1-3-18(13-20)22-16-34-12-11-30-24(34)23(32-22)31-15-17-7-9-29-10-8-17/h1-14,16,33H,15H2,(H,31,32). The quantitative estimate of drug-likeness (QED) is 0.303. The summed E-state index contributed by atoms with van der Waals surface area (Å²) in [5.74, 6) is 0.522. The van der Waals surface area contributed by atoms with Crippen LogP contribution in [-0.2, 0) is 22.7 Å². The number of rotatable bonds is 7. The van der Waals surface area contributed by atoms with Crippen molar-refractivity contribution in [3.8, 4) is 11.3 Å². The van der Waals surface area contributed by atoms with Crippen molar-refractivity contribution in [3.05, 3.63) is 103 Å². The highest BCUT2D eigenvalue weighted by Gasteiger charge is 2.31. The molecule has 0 saturated carbocycles. The van der Waals surface area contributed by atoms with Gasteiger partial charge < -0.3 is 9.72 Å². The number of anilines is 2. The van der Waals surface area contributed by atoms with Crippen LogP contribution in [0.4, 0.5) is 24.7 Å². The van der Waals surface area contributed by atoms with Crippen molar-refractivity contribution in [3.63, 3.8) is 0 Å². The van der Waals surface area contributed by atoms with Gasteiger partial charge in [-0.15, -0.1) is 0 Å². The highest BCUT2D eigenvalue weighted by molar-refractivity contribution is 7.92. The van der Waals surface area contributed by atoms with Crippen LogP contribution in [0, 0.1) is 0 Å². The molecule has 2 N–H and O–H groups in total. The third-order valence-electron chi connectivity index (χ3n) is 5.47. The lowest BCUT2D eigenvalue weighted by Gasteiger charge is -2.13. The van der Waals surface area contributed by atoms with Crippen molar-refractivity contribution in [1.29, 1.82) is 0 Å². The number of halogens is 3. The monoisotopic (exact) mass is 524 g/mol. The number of fused-ring (bicyclic) bond motifs is 1. The van der Waals surface area contributed by atoms with Crippen molar-refractivity contribution < 1.29 is 21.6 Å². The predicted octanol–water partition coefficient (Wildman–Crippen LogP) is 5.22. The van der Waals surface area contributed by atoms with Gasteiger partial charge in [-0.2, -0.15) is 13.2 Å². The first-order chi connectivity index (χ1) is 17.7. The minimum atomic E-state index is -4.66. The third-order valence-corrected chi connectivity index (χ3v) is 6.84. The zero-order valence-electron chi connectivity index (χ0n) is 19.0. The molecular formula is C25H19F3N6O2S. The number of hydrogen-bond acceptors (Lipinski definition) is 6. The summed E-state index contributed by atoms with van der Waals surface area (Å²) in [7, 11) is -4.27. The maximum absolute atomic E-state index is 13.1. The van der Waals surface area contributed by atoms with E-state index in [4.69, 9.17) is 0 Å². The number of benzene rings is 2. The number of hydrogen-bond donors (Lipinski definition) is 2. The molecule has 5 aromatic rings. The lowest BCUT2D eigenvalue weighted by atomic mass is 10.1. The topological polar surface area (TPSA) is 101 Å². The van der Waals surface area contributed by atoms with Crippen LogP contribution in [0.3, 0.4) is 0 Å². The SMILES string of the molecule is O=S(=O)(Nc1cccc(-c2cn3ccnc3c(NCc3ccncc3)n2)c1)c1cccc(C(F)(F)F)c1. The Labute approximate surface area is 209 Å². The van der Waals surface area contributed by atoms with Gasteiger partial charge in [0.15, 0.2) is 11.5 Å². The number of imidazole rings is 1. The second-order valence-corrected chi connectivity index (χ2v) is 9.74. The summed E-state index contributed by atoms with van der Waals surface area (Å²) in [4.78, 5) is 12.5. The van der Waals surface area contributed by atoms with E-state index in [1.807, 2.05) is 12.1 Å². The maximum atomic E-state index is 13.1. The first kappa shape index (κ1) is 24.3. The Kier molecular flexibility index (Phi) is 6.25. The van der Waals surface area contributed by atoms with Gasteiger partial charge in [0.2, 0.25) is 0 Å². The van der Waals surface area contributed by atoms with E-state index in [0.717, 1.165) is 23.8 Å². The van der Waals surface area contributed by atoms with Gasteiger partial charge in [-0.05, 0) is 48.0 Å². The molecule has 0 aliphatic heterocycles. The number of nitrogens with one attached hydrogen (secondary N) is 2. The van der Waals surface area contributed by atoms with E-state index in [1.165, 1.54) is 6.07 Å². The van der Waals surface area contributed by atoms with Crippen molar-refractivity contribution >= 4 is 27.2 Å². The van der Waals surface area contributed by atoms with E-state index >= 15 is 0 Å². The van der Waals surface area contributed by atoms with E-state index in [0.29, 0.717) is 35.3 Å². The fourth-order valence-electron chi connectivity index (χ4n) is 3.67. The summed E-state index contributed by atoms with van der Waals surface area (Å²) in [5.41, 5.74) is 1.86. The van der Waals surface area contributed by atoms with E-state index in [1.54, 1.807) is 53.6 Å². The van der Waals surface area contributed by atoms with E-state index in [-0.39, 0.29) is 5.69 Å². The Balaban J connectivity index is 1.44. The summed E-state index contributed by atoms with van der Waals surface area (Å²) in [6, 6.07) is 13.8. The number of nitrogens with zero attached hydrogens (tertiary/aromatic N) is 4. The molecule has 0 aliphatic carbocycles. The van der Waals surface area contributed by atoms with Gasteiger partial charge in [0.05, 0.1) is 16.2 Å². The zero-order valence-corrected chi connectivity index (χ0v) is 19.8. The summed E-state index contributed by atoms with van der Waals surface area (Å²) in [6.45, 7) is 0.484. The van der Waals surface area contributed by atoms with Gasteiger partial charge in [0.1, 0.15) is 0 Å². The minimum absolute atomic E-state index is 0.175. The van der Waals surface area contributed by atoms with Gasteiger partial charge in [0.25, 0.3) is 10.0 Å². The number of alkyl halides is 3. The molecule has 0 fully saturated rings. The molecule has 5 rings (SSSR count). The maximum Gasteiger partial charge on any atom is 0.416 e. The number of pyridine rings is 1. The van der Waals surface area contributed by atoms with Crippen LogP contribution >= 0.6 is 0 Å². The second-order valence-electron chi connectivity index (χ2n) is 8.05. The van der Waals surface area contributed by atoms with Crippen LogP contribution in [0.15, 0.2) is 96.5 Å². The van der Waals surface area contributed by atoms with Crippen molar-refractivity contribution in [1.82, 2.24) is 19.4 Å². The van der Waals surface area contributed by atoms with Gasteiger partial charge in [-0.25, -0.2) is 18.4 Å².